The summed E-state index contributed by atoms with van der Waals surface area (Å²) in [5.41, 5.74) is 1.23. The van der Waals surface area contributed by atoms with Gasteiger partial charge in [0, 0.05) is 17.5 Å². The van der Waals surface area contributed by atoms with E-state index in [0.29, 0.717) is 5.75 Å². The van der Waals surface area contributed by atoms with Gasteiger partial charge in [-0.2, -0.15) is 0 Å². The molecule has 3 aromatic rings. The van der Waals surface area contributed by atoms with Crippen molar-refractivity contribution in [2.45, 2.75) is 13.3 Å². The number of fused-ring (bicyclic) bond motifs is 1. The first kappa shape index (κ1) is 14.4. The van der Waals surface area contributed by atoms with Crippen LogP contribution in [0.3, 0.4) is 0 Å². The molecule has 0 saturated carbocycles. The fourth-order valence-electron chi connectivity index (χ4n) is 2.66. The molecular weight excluding hydrogens is 276 g/mol. The van der Waals surface area contributed by atoms with Crippen molar-refractivity contribution in [3.8, 4) is 11.5 Å². The minimum absolute atomic E-state index is 0.712. The summed E-state index contributed by atoms with van der Waals surface area (Å²) >= 11 is 0. The van der Waals surface area contributed by atoms with E-state index in [2.05, 4.69) is 18.2 Å². The van der Waals surface area contributed by atoms with Crippen LogP contribution >= 0.6 is 0 Å². The van der Waals surface area contributed by atoms with Gasteiger partial charge in [-0.25, -0.2) is 4.42 Å². The van der Waals surface area contributed by atoms with E-state index in [9.17, 15) is 0 Å². The normalized spacial score (nSPS) is 10.7. The molecule has 0 N–H and O–H groups in total. The van der Waals surface area contributed by atoms with E-state index in [4.69, 9.17) is 13.9 Å². The summed E-state index contributed by atoms with van der Waals surface area (Å²) in [7, 11) is 3.29. The maximum Gasteiger partial charge on any atom is 0.334 e. The van der Waals surface area contributed by atoms with Crippen molar-refractivity contribution in [1.82, 2.24) is 0 Å². The number of rotatable bonds is 4. The Morgan fingerprint density at radius 1 is 0.909 bits per heavy atom. The van der Waals surface area contributed by atoms with Crippen molar-refractivity contribution in [3.63, 3.8) is 0 Å². The zero-order valence-corrected chi connectivity index (χ0v) is 13.1. The molecule has 3 heteroatoms. The minimum Gasteiger partial charge on any atom is -0.493 e. The molecular formula is C19H19O3+. The van der Waals surface area contributed by atoms with E-state index >= 15 is 0 Å². The second-order valence-electron chi connectivity index (χ2n) is 5.23. The average molecular weight is 295 g/mol. The van der Waals surface area contributed by atoms with E-state index in [0.717, 1.165) is 34.5 Å². The SMILES string of the molecule is COc1cc2cc(Cc3ccccc3)[o+]c(C)c2cc1OC. The van der Waals surface area contributed by atoms with Crippen molar-refractivity contribution in [3.05, 3.63) is 65.6 Å². The molecule has 0 atom stereocenters. The Morgan fingerprint density at radius 3 is 2.27 bits per heavy atom. The van der Waals surface area contributed by atoms with E-state index in [1.54, 1.807) is 14.2 Å². The molecule has 3 rings (SSSR count). The standard InChI is InChI=1S/C19H19O3/c1-13-17-12-19(21-3)18(20-2)11-15(17)10-16(22-13)9-14-7-5-4-6-8-14/h4-8,10-12H,9H2,1-3H3/q+1. The highest BCUT2D eigenvalue weighted by atomic mass is 16.5. The smallest absolute Gasteiger partial charge is 0.334 e. The van der Waals surface area contributed by atoms with Crippen molar-refractivity contribution in [2.75, 3.05) is 14.2 Å². The highest BCUT2D eigenvalue weighted by Crippen LogP contribution is 2.34. The Labute approximate surface area is 130 Å². The molecule has 0 amide bonds. The van der Waals surface area contributed by atoms with Crippen LogP contribution in [-0.4, -0.2) is 14.2 Å². The lowest BCUT2D eigenvalue weighted by atomic mass is 10.1. The van der Waals surface area contributed by atoms with E-state index in [1.807, 2.05) is 37.3 Å². The van der Waals surface area contributed by atoms with E-state index in [-0.39, 0.29) is 0 Å². The van der Waals surface area contributed by atoms with Gasteiger partial charge in [-0.3, -0.25) is 0 Å². The van der Waals surface area contributed by atoms with Crippen molar-refractivity contribution in [1.29, 1.82) is 0 Å². The van der Waals surface area contributed by atoms with Gasteiger partial charge >= 0.3 is 11.5 Å². The monoisotopic (exact) mass is 295 g/mol. The lowest BCUT2D eigenvalue weighted by molar-refractivity contribution is 0.355. The number of methoxy groups -OCH3 is 2. The molecule has 0 aliphatic heterocycles. The van der Waals surface area contributed by atoms with Crippen LogP contribution in [0.2, 0.25) is 0 Å². The predicted molar refractivity (Wildman–Crippen MR) is 87.7 cm³/mol. The predicted octanol–water partition coefficient (Wildman–Crippen LogP) is 4.63. The molecule has 0 fully saturated rings. The number of aryl methyl sites for hydroxylation is 1. The largest absolute Gasteiger partial charge is 0.493 e. The molecule has 0 aliphatic rings. The quantitative estimate of drug-likeness (QED) is 0.657. The van der Waals surface area contributed by atoms with Crippen LogP contribution in [0.4, 0.5) is 0 Å². The van der Waals surface area contributed by atoms with E-state index in [1.165, 1.54) is 5.56 Å². The lowest BCUT2D eigenvalue weighted by Gasteiger charge is -2.08. The highest BCUT2D eigenvalue weighted by molar-refractivity contribution is 5.87. The topological polar surface area (TPSA) is 29.8 Å². The molecule has 0 saturated heterocycles. The van der Waals surface area contributed by atoms with Crippen LogP contribution in [0.1, 0.15) is 17.1 Å². The number of hydrogen-bond acceptors (Lipinski definition) is 2. The van der Waals surface area contributed by atoms with Crippen LogP contribution in [0, 0.1) is 6.92 Å². The Bertz CT molecular complexity index is 795. The summed E-state index contributed by atoms with van der Waals surface area (Å²) in [5.74, 6) is 3.25. The summed E-state index contributed by atoms with van der Waals surface area (Å²) in [4.78, 5) is 0. The van der Waals surface area contributed by atoms with Gasteiger partial charge in [-0.15, -0.1) is 0 Å². The average Bonchev–Trinajstić information content (AvgIpc) is 2.54. The molecule has 3 nitrogen and oxygen atoms in total. The van der Waals surface area contributed by atoms with Gasteiger partial charge in [0.05, 0.1) is 33.0 Å². The van der Waals surface area contributed by atoms with Gasteiger partial charge in [0.15, 0.2) is 11.5 Å². The zero-order valence-electron chi connectivity index (χ0n) is 13.1. The van der Waals surface area contributed by atoms with Crippen LogP contribution in [0.5, 0.6) is 11.5 Å². The third kappa shape index (κ3) is 2.75. The first-order chi connectivity index (χ1) is 10.7. The number of benzene rings is 2. The molecule has 1 heterocycles. The zero-order chi connectivity index (χ0) is 15.5. The van der Waals surface area contributed by atoms with Gasteiger partial charge in [-0.1, -0.05) is 30.3 Å². The maximum absolute atomic E-state index is 5.97. The lowest BCUT2D eigenvalue weighted by Crippen LogP contribution is -1.94. The number of ether oxygens (including phenoxy) is 2. The minimum atomic E-state index is 0.712. The Kier molecular flexibility index (Phi) is 3.96. The van der Waals surface area contributed by atoms with Crippen LogP contribution < -0.4 is 9.47 Å². The fraction of sp³-hybridized carbons (Fsp3) is 0.211. The van der Waals surface area contributed by atoms with Crippen molar-refractivity contribution < 1.29 is 13.9 Å². The van der Waals surface area contributed by atoms with Crippen molar-refractivity contribution in [2.24, 2.45) is 0 Å². The summed E-state index contributed by atoms with van der Waals surface area (Å²) in [6.45, 7) is 1.97. The van der Waals surface area contributed by atoms with E-state index < -0.39 is 0 Å². The third-order valence-electron chi connectivity index (χ3n) is 3.76. The Morgan fingerprint density at radius 2 is 1.59 bits per heavy atom. The molecule has 0 spiro atoms. The maximum atomic E-state index is 5.97. The second-order valence-corrected chi connectivity index (χ2v) is 5.23. The van der Waals surface area contributed by atoms with Gasteiger partial charge in [0.25, 0.3) is 0 Å². The molecule has 0 radical (unpaired) electrons. The van der Waals surface area contributed by atoms with Crippen LogP contribution in [0.15, 0.2) is 52.9 Å². The van der Waals surface area contributed by atoms with Gasteiger partial charge in [0.2, 0.25) is 0 Å². The number of hydrogen-bond donors (Lipinski definition) is 0. The second kappa shape index (κ2) is 6.06. The summed E-state index contributed by atoms with van der Waals surface area (Å²) in [6.07, 6.45) is 0.770. The molecule has 0 bridgehead atoms. The van der Waals surface area contributed by atoms with Gasteiger partial charge in [0.1, 0.15) is 0 Å². The Hall–Kier alpha value is -2.55. The molecule has 0 unspecified atom stereocenters. The molecule has 2 aromatic carbocycles. The van der Waals surface area contributed by atoms with Crippen molar-refractivity contribution >= 4 is 10.8 Å². The summed E-state index contributed by atoms with van der Waals surface area (Å²) in [5, 5.41) is 2.13. The molecule has 112 valence electrons. The molecule has 0 aliphatic carbocycles. The van der Waals surface area contributed by atoms with Crippen LogP contribution in [0.25, 0.3) is 10.8 Å². The third-order valence-corrected chi connectivity index (χ3v) is 3.76. The molecule has 22 heavy (non-hydrogen) atoms. The highest BCUT2D eigenvalue weighted by Gasteiger charge is 2.18. The van der Waals surface area contributed by atoms with Crippen LogP contribution in [-0.2, 0) is 6.42 Å². The fourth-order valence-corrected chi connectivity index (χ4v) is 2.66. The Balaban J connectivity index is 2.07. The summed E-state index contributed by atoms with van der Waals surface area (Å²) < 4.78 is 16.7. The first-order valence-electron chi connectivity index (χ1n) is 7.23. The van der Waals surface area contributed by atoms with Gasteiger partial charge in [-0.05, 0) is 11.6 Å². The molecule has 1 aromatic heterocycles. The van der Waals surface area contributed by atoms with Gasteiger partial charge < -0.3 is 9.47 Å². The summed E-state index contributed by atoms with van der Waals surface area (Å²) in [6, 6.07) is 16.3. The first-order valence-corrected chi connectivity index (χ1v) is 7.23.